The van der Waals surface area contributed by atoms with Crippen LogP contribution >= 0.6 is 7.82 Å². The van der Waals surface area contributed by atoms with E-state index in [0.717, 1.165) is 11.1 Å². The van der Waals surface area contributed by atoms with Crippen LogP contribution in [0.4, 0.5) is 0 Å². The van der Waals surface area contributed by atoms with Gasteiger partial charge in [-0.3, -0.25) is 9.79 Å². The molecular weight excluding hydrogens is 327 g/mol. The first kappa shape index (κ1) is 18.3. The Bertz CT molecular complexity index is 762. The Morgan fingerprint density at radius 3 is 2.12 bits per heavy atom. The van der Waals surface area contributed by atoms with E-state index < -0.39 is 7.82 Å². The molecule has 0 aliphatic heterocycles. The molecule has 0 saturated carbocycles. The first-order valence-electron chi connectivity index (χ1n) is 7.50. The smallest absolute Gasteiger partial charge is 0.496 e. The van der Waals surface area contributed by atoms with Crippen LogP contribution in [-0.4, -0.2) is 16.9 Å². The highest BCUT2D eigenvalue weighted by molar-refractivity contribution is 7.46. The molecule has 24 heavy (non-hydrogen) atoms. The Hall–Kier alpha value is -2.07. The molecule has 0 saturated heterocycles. The maximum atomic E-state index is 11.3. The fraction of sp³-hybridized carbons (Fsp3) is 0.222. The Kier molecular flexibility index (Phi) is 5.84. The number of hydrogen-bond acceptors (Lipinski definition) is 3. The summed E-state index contributed by atoms with van der Waals surface area (Å²) in [5, 5.41) is 0. The number of phosphoric acid groups is 1. The summed E-state index contributed by atoms with van der Waals surface area (Å²) >= 11 is 0. The quantitative estimate of drug-likeness (QED) is 0.595. The van der Waals surface area contributed by atoms with Crippen LogP contribution in [0.25, 0.3) is 12.2 Å². The number of ether oxygens (including phenoxy) is 1. The minimum atomic E-state index is -4.66. The van der Waals surface area contributed by atoms with Gasteiger partial charge in [0.15, 0.2) is 0 Å². The van der Waals surface area contributed by atoms with E-state index in [9.17, 15) is 4.57 Å². The van der Waals surface area contributed by atoms with Crippen molar-refractivity contribution in [3.8, 4) is 11.5 Å². The second-order valence-electron chi connectivity index (χ2n) is 5.62. The van der Waals surface area contributed by atoms with Gasteiger partial charge in [-0.05, 0) is 29.2 Å². The predicted molar refractivity (Wildman–Crippen MR) is 95.1 cm³/mol. The molecule has 0 aromatic heterocycles. The van der Waals surface area contributed by atoms with Gasteiger partial charge in [-0.25, -0.2) is 4.57 Å². The van der Waals surface area contributed by atoms with Gasteiger partial charge in [0.2, 0.25) is 0 Å². The Labute approximate surface area is 141 Å². The summed E-state index contributed by atoms with van der Waals surface area (Å²) in [6.07, 6.45) is 3.75. The van der Waals surface area contributed by atoms with Crippen LogP contribution in [0.2, 0.25) is 0 Å². The molecule has 0 amide bonds. The summed E-state index contributed by atoms with van der Waals surface area (Å²) in [5.41, 5.74) is 2.36. The largest absolute Gasteiger partial charge is 0.524 e. The van der Waals surface area contributed by atoms with Crippen molar-refractivity contribution in [3.63, 3.8) is 0 Å². The molecule has 2 rings (SSSR count). The van der Waals surface area contributed by atoms with Crippen molar-refractivity contribution in [3.05, 3.63) is 59.2 Å². The molecule has 2 N–H and O–H groups in total. The highest BCUT2D eigenvalue weighted by Gasteiger charge is 2.23. The Balaban J connectivity index is 2.48. The molecule has 2 aromatic rings. The van der Waals surface area contributed by atoms with Crippen molar-refractivity contribution in [2.75, 3.05) is 7.11 Å². The summed E-state index contributed by atoms with van der Waals surface area (Å²) in [7, 11) is -3.14. The van der Waals surface area contributed by atoms with E-state index in [1.165, 1.54) is 7.11 Å². The lowest BCUT2D eigenvalue weighted by molar-refractivity contribution is 0.281. The van der Waals surface area contributed by atoms with E-state index in [1.54, 1.807) is 6.07 Å². The van der Waals surface area contributed by atoms with Crippen LogP contribution in [0.1, 0.15) is 36.5 Å². The summed E-state index contributed by atoms with van der Waals surface area (Å²) < 4.78 is 21.5. The topological polar surface area (TPSA) is 76.0 Å². The SMILES string of the molecule is COc1cc(C=Cc2ccccc2)cc(OP(=O)(O)O)c1C(C)C. The van der Waals surface area contributed by atoms with Crippen molar-refractivity contribution in [1.29, 1.82) is 0 Å². The molecule has 0 unspecified atom stereocenters. The van der Waals surface area contributed by atoms with Crippen molar-refractivity contribution >= 4 is 20.0 Å². The molecule has 2 aromatic carbocycles. The van der Waals surface area contributed by atoms with Crippen LogP contribution in [-0.2, 0) is 4.57 Å². The van der Waals surface area contributed by atoms with Crippen molar-refractivity contribution < 1.29 is 23.6 Å². The lowest BCUT2D eigenvalue weighted by Gasteiger charge is -2.18. The zero-order valence-electron chi connectivity index (χ0n) is 13.8. The molecule has 0 radical (unpaired) electrons. The molecule has 0 atom stereocenters. The first-order valence-corrected chi connectivity index (χ1v) is 9.03. The van der Waals surface area contributed by atoms with Crippen molar-refractivity contribution in [2.24, 2.45) is 0 Å². The van der Waals surface area contributed by atoms with Crippen LogP contribution < -0.4 is 9.26 Å². The third-order valence-electron chi connectivity index (χ3n) is 3.41. The maximum absolute atomic E-state index is 11.3. The minimum Gasteiger partial charge on any atom is -0.496 e. The van der Waals surface area contributed by atoms with E-state index in [2.05, 4.69) is 0 Å². The van der Waals surface area contributed by atoms with E-state index >= 15 is 0 Å². The lowest BCUT2D eigenvalue weighted by Crippen LogP contribution is -2.01. The summed E-state index contributed by atoms with van der Waals surface area (Å²) in [6, 6.07) is 13.2. The first-order chi connectivity index (χ1) is 11.3. The third kappa shape index (κ3) is 4.96. The molecule has 0 spiro atoms. The van der Waals surface area contributed by atoms with Gasteiger partial charge in [0.05, 0.1) is 7.11 Å². The molecule has 0 bridgehead atoms. The summed E-state index contributed by atoms with van der Waals surface area (Å²) in [4.78, 5) is 18.3. The molecule has 0 heterocycles. The molecule has 0 fully saturated rings. The lowest BCUT2D eigenvalue weighted by atomic mass is 9.98. The molecular formula is C18H21O5P. The number of methoxy groups -OCH3 is 1. The van der Waals surface area contributed by atoms with Gasteiger partial charge in [-0.15, -0.1) is 0 Å². The van der Waals surface area contributed by atoms with E-state index in [0.29, 0.717) is 11.3 Å². The number of rotatable bonds is 6. The second-order valence-corrected chi connectivity index (χ2v) is 6.78. The fourth-order valence-electron chi connectivity index (χ4n) is 2.42. The van der Waals surface area contributed by atoms with Crippen LogP contribution in [0, 0.1) is 0 Å². The predicted octanol–water partition coefficient (Wildman–Crippen LogP) is 4.46. The molecule has 0 aliphatic carbocycles. The van der Waals surface area contributed by atoms with E-state index in [4.69, 9.17) is 19.0 Å². The third-order valence-corrected chi connectivity index (χ3v) is 3.84. The zero-order valence-corrected chi connectivity index (χ0v) is 14.7. The maximum Gasteiger partial charge on any atom is 0.524 e. The summed E-state index contributed by atoms with van der Waals surface area (Å²) in [5.74, 6) is 0.641. The van der Waals surface area contributed by atoms with Gasteiger partial charge in [0, 0.05) is 5.56 Å². The fourth-order valence-corrected chi connectivity index (χ4v) is 2.82. The minimum absolute atomic E-state index is 0.0198. The molecule has 5 nitrogen and oxygen atoms in total. The number of benzene rings is 2. The van der Waals surface area contributed by atoms with E-state index in [-0.39, 0.29) is 11.7 Å². The Morgan fingerprint density at radius 1 is 1.00 bits per heavy atom. The average molecular weight is 348 g/mol. The highest BCUT2D eigenvalue weighted by atomic mass is 31.2. The van der Waals surface area contributed by atoms with Crippen LogP contribution in [0.15, 0.2) is 42.5 Å². The second kappa shape index (κ2) is 7.67. The van der Waals surface area contributed by atoms with Gasteiger partial charge in [-0.1, -0.05) is 56.3 Å². The van der Waals surface area contributed by atoms with Gasteiger partial charge in [-0.2, -0.15) is 0 Å². The number of phosphoric ester groups is 1. The standard InChI is InChI=1S/C18H21O5P/c1-13(2)18-16(22-3)11-15(12-17(18)23-24(19,20)21)10-9-14-7-5-4-6-8-14/h4-13H,1-3H3,(H2,19,20,21). The van der Waals surface area contributed by atoms with Crippen molar-refractivity contribution in [1.82, 2.24) is 0 Å². The van der Waals surface area contributed by atoms with Gasteiger partial charge in [0.25, 0.3) is 0 Å². The average Bonchev–Trinajstić information content (AvgIpc) is 2.51. The Morgan fingerprint density at radius 2 is 1.58 bits per heavy atom. The van der Waals surface area contributed by atoms with Gasteiger partial charge < -0.3 is 9.26 Å². The van der Waals surface area contributed by atoms with Gasteiger partial charge in [0.1, 0.15) is 11.5 Å². The molecule has 128 valence electrons. The van der Waals surface area contributed by atoms with Gasteiger partial charge >= 0.3 is 7.82 Å². The van der Waals surface area contributed by atoms with Crippen LogP contribution in [0.5, 0.6) is 11.5 Å². The van der Waals surface area contributed by atoms with E-state index in [1.807, 2.05) is 62.4 Å². The molecule has 0 aliphatic rings. The molecule has 6 heteroatoms. The van der Waals surface area contributed by atoms with Crippen molar-refractivity contribution in [2.45, 2.75) is 19.8 Å². The summed E-state index contributed by atoms with van der Waals surface area (Å²) in [6.45, 7) is 3.81. The monoisotopic (exact) mass is 348 g/mol. The normalized spacial score (nSPS) is 11.9. The van der Waals surface area contributed by atoms with Crippen LogP contribution in [0.3, 0.4) is 0 Å². The number of hydrogen-bond donors (Lipinski definition) is 2. The highest BCUT2D eigenvalue weighted by Crippen LogP contribution is 2.44. The zero-order chi connectivity index (χ0) is 17.7.